The predicted molar refractivity (Wildman–Crippen MR) is 74.2 cm³/mol. The zero-order chi connectivity index (χ0) is 14.0. The molecule has 1 heterocycles. The highest BCUT2D eigenvalue weighted by Crippen LogP contribution is 2.32. The van der Waals surface area contributed by atoms with Gasteiger partial charge in [-0.1, -0.05) is 0 Å². The molecule has 1 aliphatic rings. The lowest BCUT2D eigenvalue weighted by Gasteiger charge is -2.34. The van der Waals surface area contributed by atoms with E-state index in [1.165, 1.54) is 6.07 Å². The molecule has 1 atom stereocenters. The highest BCUT2D eigenvalue weighted by atomic mass is 19.1. The van der Waals surface area contributed by atoms with E-state index in [2.05, 4.69) is 4.90 Å². The van der Waals surface area contributed by atoms with Gasteiger partial charge in [0, 0.05) is 25.2 Å². The third-order valence-electron chi connectivity index (χ3n) is 3.03. The van der Waals surface area contributed by atoms with Crippen LogP contribution < -0.4 is 15.4 Å². The summed E-state index contributed by atoms with van der Waals surface area (Å²) in [7, 11) is 0. The Balaban J connectivity index is 2.28. The smallest absolute Gasteiger partial charge is 0.167 e. The van der Waals surface area contributed by atoms with Gasteiger partial charge in [0.2, 0.25) is 0 Å². The van der Waals surface area contributed by atoms with Crippen molar-refractivity contribution in [2.45, 2.75) is 33.0 Å². The topological polar surface area (TPSA) is 47.7 Å². The lowest BCUT2D eigenvalue weighted by Crippen LogP contribution is -2.41. The Morgan fingerprint density at radius 2 is 2.21 bits per heavy atom. The maximum Gasteiger partial charge on any atom is 0.167 e. The fourth-order valence-corrected chi connectivity index (χ4v) is 2.21. The molecule has 5 heteroatoms. The molecule has 1 aromatic rings. The minimum atomic E-state index is -0.420. The number of nitrogens with two attached hydrogens (primary N) is 1. The summed E-state index contributed by atoms with van der Waals surface area (Å²) < 4.78 is 24.8. The number of anilines is 2. The zero-order valence-electron chi connectivity index (χ0n) is 11.6. The Bertz CT molecular complexity index is 451. The van der Waals surface area contributed by atoms with Crippen molar-refractivity contribution in [1.29, 1.82) is 0 Å². The van der Waals surface area contributed by atoms with Crippen molar-refractivity contribution < 1.29 is 13.9 Å². The van der Waals surface area contributed by atoms with Crippen molar-refractivity contribution in [3.8, 4) is 5.75 Å². The summed E-state index contributed by atoms with van der Waals surface area (Å²) in [6.45, 7) is 7.90. The van der Waals surface area contributed by atoms with Gasteiger partial charge >= 0.3 is 0 Å². The molecule has 1 unspecified atom stereocenters. The van der Waals surface area contributed by atoms with Crippen LogP contribution in [-0.2, 0) is 4.74 Å². The van der Waals surface area contributed by atoms with Crippen LogP contribution in [0.5, 0.6) is 5.75 Å². The van der Waals surface area contributed by atoms with Gasteiger partial charge in [-0.2, -0.15) is 0 Å². The molecular formula is C14H21FN2O2. The van der Waals surface area contributed by atoms with Crippen LogP contribution in [0, 0.1) is 5.82 Å². The number of benzene rings is 1. The van der Waals surface area contributed by atoms with Gasteiger partial charge in [-0.15, -0.1) is 0 Å². The summed E-state index contributed by atoms with van der Waals surface area (Å²) in [5.41, 5.74) is 7.16. The van der Waals surface area contributed by atoms with Gasteiger partial charge in [0.05, 0.1) is 30.2 Å². The molecule has 4 nitrogen and oxygen atoms in total. The molecule has 0 bridgehead atoms. The Kier molecular flexibility index (Phi) is 4.14. The third kappa shape index (κ3) is 3.29. The van der Waals surface area contributed by atoms with Crippen LogP contribution in [0.2, 0.25) is 0 Å². The van der Waals surface area contributed by atoms with Crippen molar-refractivity contribution in [1.82, 2.24) is 0 Å². The molecule has 19 heavy (non-hydrogen) atoms. The van der Waals surface area contributed by atoms with Crippen molar-refractivity contribution in [2.75, 3.05) is 30.3 Å². The van der Waals surface area contributed by atoms with Gasteiger partial charge in [-0.05, 0) is 20.8 Å². The third-order valence-corrected chi connectivity index (χ3v) is 3.03. The second kappa shape index (κ2) is 5.65. The van der Waals surface area contributed by atoms with Crippen LogP contribution in [-0.4, -0.2) is 31.9 Å². The van der Waals surface area contributed by atoms with Crippen LogP contribution in [0.4, 0.5) is 15.8 Å². The average Bonchev–Trinajstić information content (AvgIpc) is 2.32. The van der Waals surface area contributed by atoms with Crippen molar-refractivity contribution in [3.05, 3.63) is 17.9 Å². The van der Waals surface area contributed by atoms with E-state index in [0.29, 0.717) is 12.3 Å². The molecule has 0 aromatic heterocycles. The van der Waals surface area contributed by atoms with Gasteiger partial charge < -0.3 is 20.1 Å². The number of rotatable bonds is 3. The number of hydrogen-bond donors (Lipinski definition) is 1. The fourth-order valence-electron chi connectivity index (χ4n) is 2.21. The molecule has 0 saturated carbocycles. The first-order chi connectivity index (χ1) is 8.97. The number of nitrogens with zero attached hydrogens (tertiary/aromatic N) is 1. The summed E-state index contributed by atoms with van der Waals surface area (Å²) in [5.74, 6) is -0.172. The Labute approximate surface area is 113 Å². The fraction of sp³-hybridized carbons (Fsp3) is 0.571. The Morgan fingerprint density at radius 3 is 2.84 bits per heavy atom. The minimum Gasteiger partial charge on any atom is -0.488 e. The normalized spacial score (nSPS) is 19.8. The molecule has 106 valence electrons. The summed E-state index contributed by atoms with van der Waals surface area (Å²) in [6, 6.07) is 3.01. The number of nitrogen functional groups attached to an aromatic ring is 1. The first-order valence-electron chi connectivity index (χ1n) is 6.59. The molecule has 0 spiro atoms. The SMILES string of the molecule is CC(C)Oc1cc(N2CCOC(C)C2)c(N)cc1F. The van der Waals surface area contributed by atoms with E-state index < -0.39 is 5.82 Å². The van der Waals surface area contributed by atoms with Gasteiger partial charge in [0.1, 0.15) is 0 Å². The number of morpholine rings is 1. The van der Waals surface area contributed by atoms with E-state index in [9.17, 15) is 4.39 Å². The summed E-state index contributed by atoms with van der Waals surface area (Å²) in [4.78, 5) is 2.11. The lowest BCUT2D eigenvalue weighted by molar-refractivity contribution is 0.0532. The van der Waals surface area contributed by atoms with Crippen LogP contribution in [0.1, 0.15) is 20.8 Å². The van der Waals surface area contributed by atoms with Crippen molar-refractivity contribution in [3.63, 3.8) is 0 Å². The lowest BCUT2D eigenvalue weighted by atomic mass is 10.2. The molecule has 2 rings (SSSR count). The number of hydrogen-bond acceptors (Lipinski definition) is 4. The monoisotopic (exact) mass is 268 g/mol. The molecule has 1 aromatic carbocycles. The largest absolute Gasteiger partial charge is 0.488 e. The van der Waals surface area contributed by atoms with E-state index in [4.69, 9.17) is 15.2 Å². The highest BCUT2D eigenvalue weighted by Gasteiger charge is 2.21. The average molecular weight is 268 g/mol. The number of ether oxygens (including phenoxy) is 2. The predicted octanol–water partition coefficient (Wildman–Crippen LogP) is 2.42. The summed E-state index contributed by atoms with van der Waals surface area (Å²) >= 11 is 0. The number of halogens is 1. The summed E-state index contributed by atoms with van der Waals surface area (Å²) in [6.07, 6.45) is 0.0715. The second-order valence-electron chi connectivity index (χ2n) is 5.14. The first-order valence-corrected chi connectivity index (χ1v) is 6.59. The second-order valence-corrected chi connectivity index (χ2v) is 5.14. The summed E-state index contributed by atoms with van der Waals surface area (Å²) in [5, 5.41) is 0. The standard InChI is InChI=1S/C14H21FN2O2/c1-9(2)19-14-7-13(12(16)6-11(14)15)17-4-5-18-10(3)8-17/h6-7,9-10H,4-5,8,16H2,1-3H3. The van der Waals surface area contributed by atoms with E-state index >= 15 is 0 Å². The van der Waals surface area contributed by atoms with Gasteiger partial charge in [-0.3, -0.25) is 0 Å². The molecule has 2 N–H and O–H groups in total. The molecular weight excluding hydrogens is 247 g/mol. The van der Waals surface area contributed by atoms with Crippen molar-refractivity contribution >= 4 is 11.4 Å². The van der Waals surface area contributed by atoms with Gasteiger partial charge in [0.15, 0.2) is 11.6 Å². The Hall–Kier alpha value is -1.49. The molecule has 0 radical (unpaired) electrons. The minimum absolute atomic E-state index is 0.0745. The van der Waals surface area contributed by atoms with Crippen molar-refractivity contribution in [2.24, 2.45) is 0 Å². The maximum absolute atomic E-state index is 13.8. The highest BCUT2D eigenvalue weighted by molar-refractivity contribution is 5.70. The van der Waals surface area contributed by atoms with E-state index in [1.54, 1.807) is 6.07 Å². The van der Waals surface area contributed by atoms with E-state index in [0.717, 1.165) is 18.8 Å². The Morgan fingerprint density at radius 1 is 1.47 bits per heavy atom. The van der Waals surface area contributed by atoms with E-state index in [-0.39, 0.29) is 18.0 Å². The zero-order valence-corrected chi connectivity index (χ0v) is 11.6. The molecule has 1 saturated heterocycles. The maximum atomic E-state index is 13.8. The van der Waals surface area contributed by atoms with E-state index in [1.807, 2.05) is 20.8 Å². The molecule has 1 fully saturated rings. The van der Waals surface area contributed by atoms with Crippen LogP contribution in [0.3, 0.4) is 0 Å². The van der Waals surface area contributed by atoms with Crippen LogP contribution >= 0.6 is 0 Å². The molecule has 0 aliphatic carbocycles. The molecule has 0 amide bonds. The quantitative estimate of drug-likeness (QED) is 0.855. The van der Waals surface area contributed by atoms with Crippen LogP contribution in [0.15, 0.2) is 12.1 Å². The molecule has 1 aliphatic heterocycles. The van der Waals surface area contributed by atoms with Gasteiger partial charge in [-0.25, -0.2) is 4.39 Å². The first kappa shape index (κ1) is 13.9. The van der Waals surface area contributed by atoms with Crippen LogP contribution in [0.25, 0.3) is 0 Å². The van der Waals surface area contributed by atoms with Gasteiger partial charge in [0.25, 0.3) is 0 Å².